The number of aromatic nitrogens is 2. The largest absolute Gasteiger partial charge is 0.344 e. The van der Waals surface area contributed by atoms with Gasteiger partial charge < -0.3 is 10.3 Å². The van der Waals surface area contributed by atoms with Gasteiger partial charge in [-0.15, -0.1) is 0 Å². The molecule has 5 heteroatoms. The molecular weight excluding hydrogens is 224 g/mol. The normalized spacial score (nSPS) is 15.4. The number of benzene rings is 1. The quantitative estimate of drug-likeness (QED) is 0.797. The van der Waals surface area contributed by atoms with Crippen LogP contribution in [0.5, 0.6) is 0 Å². The Balaban J connectivity index is 1.97. The van der Waals surface area contributed by atoms with Gasteiger partial charge in [-0.3, -0.25) is 4.99 Å². The van der Waals surface area contributed by atoms with Crippen molar-refractivity contribution in [3.63, 3.8) is 0 Å². The number of halogens is 1. The van der Waals surface area contributed by atoms with Gasteiger partial charge in [-0.05, 0) is 18.6 Å². The van der Waals surface area contributed by atoms with Crippen molar-refractivity contribution in [3.05, 3.63) is 23.5 Å². The Morgan fingerprint density at radius 3 is 3.12 bits per heavy atom. The Hall–Kier alpha value is -1.55. The number of aliphatic imine (C=N–C) groups is 1. The first-order chi connectivity index (χ1) is 7.83. The molecule has 1 aliphatic rings. The number of imidazole rings is 1. The third-order valence-corrected chi connectivity index (χ3v) is 2.93. The molecular formula is C11H11ClN4. The third kappa shape index (κ3) is 1.65. The second-order valence-corrected chi connectivity index (χ2v) is 4.22. The Morgan fingerprint density at radius 1 is 1.38 bits per heavy atom. The second kappa shape index (κ2) is 3.79. The van der Waals surface area contributed by atoms with E-state index in [1.165, 1.54) is 0 Å². The molecule has 2 N–H and O–H groups in total. The van der Waals surface area contributed by atoms with Crippen molar-refractivity contribution in [1.82, 2.24) is 9.97 Å². The van der Waals surface area contributed by atoms with Crippen LogP contribution < -0.4 is 5.32 Å². The van der Waals surface area contributed by atoms with Crippen LogP contribution >= 0.6 is 11.6 Å². The molecule has 0 radical (unpaired) electrons. The monoisotopic (exact) mass is 234 g/mol. The van der Waals surface area contributed by atoms with E-state index in [9.17, 15) is 0 Å². The predicted octanol–water partition coefficient (Wildman–Crippen LogP) is 2.82. The van der Waals surface area contributed by atoms with Gasteiger partial charge in [0.1, 0.15) is 11.4 Å². The molecule has 2 heterocycles. The molecule has 1 aliphatic heterocycles. The van der Waals surface area contributed by atoms with Gasteiger partial charge >= 0.3 is 0 Å². The maximum Gasteiger partial charge on any atom is 0.107 e. The zero-order chi connectivity index (χ0) is 11.0. The van der Waals surface area contributed by atoms with Crippen LogP contribution in [-0.4, -0.2) is 22.3 Å². The number of anilines is 1. The van der Waals surface area contributed by atoms with Crippen molar-refractivity contribution < 1.29 is 0 Å². The lowest BCUT2D eigenvalue weighted by Crippen LogP contribution is -2.08. The summed E-state index contributed by atoms with van der Waals surface area (Å²) in [6.07, 6.45) is 3.79. The van der Waals surface area contributed by atoms with Gasteiger partial charge in [0.05, 0.1) is 16.9 Å². The minimum Gasteiger partial charge on any atom is -0.344 e. The third-order valence-electron chi connectivity index (χ3n) is 2.64. The fraction of sp³-hybridized carbons (Fsp3) is 0.273. The minimum atomic E-state index is 0.653. The van der Waals surface area contributed by atoms with E-state index in [-0.39, 0.29) is 0 Å². The first-order valence-electron chi connectivity index (χ1n) is 5.26. The average Bonchev–Trinajstić information content (AvgIpc) is 2.87. The van der Waals surface area contributed by atoms with Gasteiger partial charge in [-0.1, -0.05) is 11.6 Å². The summed E-state index contributed by atoms with van der Waals surface area (Å²) in [7, 11) is 0. The molecule has 0 saturated carbocycles. The van der Waals surface area contributed by atoms with Crippen LogP contribution in [0.25, 0.3) is 11.0 Å². The first kappa shape index (κ1) is 9.66. The number of hydrogen-bond acceptors (Lipinski definition) is 3. The molecule has 1 aromatic heterocycles. The maximum absolute atomic E-state index is 6.13. The zero-order valence-electron chi connectivity index (χ0n) is 8.63. The van der Waals surface area contributed by atoms with Crippen LogP contribution in [0.1, 0.15) is 12.8 Å². The number of nitrogens with zero attached hydrogens (tertiary/aromatic N) is 2. The Kier molecular flexibility index (Phi) is 2.29. The van der Waals surface area contributed by atoms with Crippen LogP contribution in [0.3, 0.4) is 0 Å². The summed E-state index contributed by atoms with van der Waals surface area (Å²) >= 11 is 6.13. The van der Waals surface area contributed by atoms with Gasteiger partial charge in [-0.2, -0.15) is 0 Å². The highest BCUT2D eigenvalue weighted by Gasteiger charge is 2.09. The molecule has 82 valence electrons. The minimum absolute atomic E-state index is 0.653. The molecule has 4 nitrogen and oxygen atoms in total. The summed E-state index contributed by atoms with van der Waals surface area (Å²) in [6, 6.07) is 3.88. The number of aromatic amines is 1. The Labute approximate surface area is 97.7 Å². The SMILES string of the molecule is Clc1cc(NC2=NCCC2)cc2[nH]cnc12. The van der Waals surface area contributed by atoms with E-state index in [1.54, 1.807) is 6.33 Å². The summed E-state index contributed by atoms with van der Waals surface area (Å²) in [5.74, 6) is 1.04. The highest BCUT2D eigenvalue weighted by Crippen LogP contribution is 2.25. The van der Waals surface area contributed by atoms with Crippen LogP contribution in [-0.2, 0) is 0 Å². The summed E-state index contributed by atoms with van der Waals surface area (Å²) in [5.41, 5.74) is 2.71. The van der Waals surface area contributed by atoms with Gasteiger partial charge in [0.2, 0.25) is 0 Å². The number of fused-ring (bicyclic) bond motifs is 1. The Bertz CT molecular complexity index is 558. The molecule has 0 unspecified atom stereocenters. The van der Waals surface area contributed by atoms with Crippen molar-refractivity contribution in [2.75, 3.05) is 11.9 Å². The fourth-order valence-corrected chi connectivity index (χ4v) is 2.16. The number of rotatable bonds is 1. The summed E-state index contributed by atoms with van der Waals surface area (Å²) in [5, 5.41) is 3.93. The van der Waals surface area contributed by atoms with E-state index in [1.807, 2.05) is 12.1 Å². The standard InChI is InChI=1S/C11H11ClN4/c12-8-4-7(16-10-2-1-3-13-10)5-9-11(8)15-6-14-9/h4-6H,1-3H2,(H,13,16)(H,14,15). The topological polar surface area (TPSA) is 53.1 Å². The lowest BCUT2D eigenvalue weighted by atomic mass is 10.2. The van der Waals surface area contributed by atoms with Crippen molar-refractivity contribution >= 4 is 34.2 Å². The number of amidine groups is 1. The Morgan fingerprint density at radius 2 is 2.31 bits per heavy atom. The zero-order valence-corrected chi connectivity index (χ0v) is 9.38. The van der Waals surface area contributed by atoms with Crippen LogP contribution in [0.2, 0.25) is 5.02 Å². The van der Waals surface area contributed by atoms with Gasteiger partial charge in [-0.25, -0.2) is 4.98 Å². The first-order valence-corrected chi connectivity index (χ1v) is 5.64. The number of hydrogen-bond donors (Lipinski definition) is 2. The summed E-state index contributed by atoms with van der Waals surface area (Å²) < 4.78 is 0. The molecule has 2 aromatic rings. The molecule has 0 bridgehead atoms. The average molecular weight is 235 g/mol. The molecule has 16 heavy (non-hydrogen) atoms. The van der Waals surface area contributed by atoms with Gasteiger partial charge in [0, 0.05) is 18.7 Å². The molecule has 0 spiro atoms. The number of nitrogens with one attached hydrogen (secondary N) is 2. The molecule has 0 fully saturated rings. The molecule has 0 aliphatic carbocycles. The van der Waals surface area contributed by atoms with E-state index < -0.39 is 0 Å². The fourth-order valence-electron chi connectivity index (χ4n) is 1.89. The van der Waals surface area contributed by atoms with E-state index in [2.05, 4.69) is 20.3 Å². The molecule has 0 saturated heterocycles. The smallest absolute Gasteiger partial charge is 0.107 e. The highest BCUT2D eigenvalue weighted by atomic mass is 35.5. The van der Waals surface area contributed by atoms with E-state index >= 15 is 0 Å². The summed E-state index contributed by atoms with van der Waals surface area (Å²) in [4.78, 5) is 11.6. The molecule has 0 atom stereocenters. The van der Waals surface area contributed by atoms with Gasteiger partial charge in [0.15, 0.2) is 0 Å². The second-order valence-electron chi connectivity index (χ2n) is 3.81. The number of H-pyrrole nitrogens is 1. The van der Waals surface area contributed by atoms with Crippen LogP contribution in [0, 0.1) is 0 Å². The maximum atomic E-state index is 6.13. The predicted molar refractivity (Wildman–Crippen MR) is 66.3 cm³/mol. The van der Waals surface area contributed by atoms with E-state index in [0.717, 1.165) is 41.9 Å². The molecule has 1 aromatic carbocycles. The van der Waals surface area contributed by atoms with E-state index in [0.29, 0.717) is 5.02 Å². The van der Waals surface area contributed by atoms with Gasteiger partial charge in [0.25, 0.3) is 0 Å². The lowest BCUT2D eigenvalue weighted by molar-refractivity contribution is 0.951. The van der Waals surface area contributed by atoms with Crippen LogP contribution in [0.4, 0.5) is 5.69 Å². The summed E-state index contributed by atoms with van der Waals surface area (Å²) in [6.45, 7) is 0.919. The van der Waals surface area contributed by atoms with Crippen molar-refractivity contribution in [3.8, 4) is 0 Å². The molecule has 0 amide bonds. The highest BCUT2D eigenvalue weighted by molar-refractivity contribution is 6.35. The lowest BCUT2D eigenvalue weighted by Gasteiger charge is -2.06. The van der Waals surface area contributed by atoms with Crippen molar-refractivity contribution in [2.24, 2.45) is 4.99 Å². The van der Waals surface area contributed by atoms with Crippen molar-refractivity contribution in [2.45, 2.75) is 12.8 Å². The van der Waals surface area contributed by atoms with Crippen LogP contribution in [0.15, 0.2) is 23.5 Å². The van der Waals surface area contributed by atoms with E-state index in [4.69, 9.17) is 11.6 Å². The molecule has 3 rings (SSSR count). The van der Waals surface area contributed by atoms with Crippen molar-refractivity contribution in [1.29, 1.82) is 0 Å².